The summed E-state index contributed by atoms with van der Waals surface area (Å²) in [4.78, 5) is 0. The first-order chi connectivity index (χ1) is 6.88. The molecular formula is C12H15NO. The lowest BCUT2D eigenvalue weighted by Gasteiger charge is -2.09. The van der Waals surface area contributed by atoms with Crippen molar-refractivity contribution in [2.75, 3.05) is 0 Å². The molecular weight excluding hydrogens is 174 g/mol. The molecule has 0 amide bonds. The van der Waals surface area contributed by atoms with Crippen molar-refractivity contribution in [2.24, 2.45) is 5.16 Å². The molecule has 1 N–H and O–H groups in total. The van der Waals surface area contributed by atoms with Crippen LogP contribution in [0.25, 0.3) is 0 Å². The minimum Gasteiger partial charge on any atom is -0.411 e. The molecule has 0 spiro atoms. The van der Waals surface area contributed by atoms with Gasteiger partial charge in [0.2, 0.25) is 0 Å². The zero-order valence-electron chi connectivity index (χ0n) is 8.13. The summed E-state index contributed by atoms with van der Waals surface area (Å²) in [5, 5.41) is 11.6. The fourth-order valence-corrected chi connectivity index (χ4v) is 1.41. The highest BCUT2D eigenvalue weighted by atomic mass is 16.4. The summed E-state index contributed by atoms with van der Waals surface area (Å²) in [7, 11) is 0. The molecule has 0 radical (unpaired) electrons. The van der Waals surface area contributed by atoms with Gasteiger partial charge in [0.25, 0.3) is 0 Å². The Labute approximate surface area is 84.6 Å². The quantitative estimate of drug-likeness (QED) is 0.328. The maximum absolute atomic E-state index is 8.54. The highest BCUT2D eigenvalue weighted by Crippen LogP contribution is 2.19. The van der Waals surface area contributed by atoms with Gasteiger partial charge < -0.3 is 5.21 Å². The van der Waals surface area contributed by atoms with Crippen LogP contribution < -0.4 is 0 Å². The number of hydrogen-bond acceptors (Lipinski definition) is 2. The molecule has 74 valence electrons. The smallest absolute Gasteiger partial charge is 0.0510 e. The molecule has 1 aromatic carbocycles. The number of rotatable bonds is 5. The Morgan fingerprint density at radius 1 is 1.36 bits per heavy atom. The summed E-state index contributed by atoms with van der Waals surface area (Å²) in [5.41, 5.74) is 1.17. The normalized spacial score (nSPS) is 12.9. The lowest BCUT2D eigenvalue weighted by Crippen LogP contribution is -1.99. The number of oxime groups is 1. The van der Waals surface area contributed by atoms with Crippen molar-refractivity contribution >= 4 is 6.21 Å². The molecule has 2 nitrogen and oxygen atoms in total. The van der Waals surface area contributed by atoms with Crippen LogP contribution in [0, 0.1) is 0 Å². The van der Waals surface area contributed by atoms with Gasteiger partial charge in [0.1, 0.15) is 0 Å². The van der Waals surface area contributed by atoms with E-state index >= 15 is 0 Å². The standard InChI is InChI=1S/C12H15NO/c1-2-3-7-12(10-13-14)11-8-5-4-6-9-11/h2,4-6,8-10,12,14H,1,3,7H2/b13-10+. The van der Waals surface area contributed by atoms with E-state index in [2.05, 4.69) is 11.7 Å². The average Bonchev–Trinajstić information content (AvgIpc) is 2.25. The highest BCUT2D eigenvalue weighted by Gasteiger charge is 2.06. The van der Waals surface area contributed by atoms with E-state index in [0.29, 0.717) is 0 Å². The average molecular weight is 189 g/mol. The zero-order valence-corrected chi connectivity index (χ0v) is 8.13. The molecule has 0 aliphatic rings. The summed E-state index contributed by atoms with van der Waals surface area (Å²) >= 11 is 0. The molecule has 2 heteroatoms. The van der Waals surface area contributed by atoms with Gasteiger partial charge in [-0.1, -0.05) is 36.4 Å². The third-order valence-electron chi connectivity index (χ3n) is 2.16. The Morgan fingerprint density at radius 3 is 2.64 bits per heavy atom. The van der Waals surface area contributed by atoms with Crippen LogP contribution >= 0.6 is 0 Å². The van der Waals surface area contributed by atoms with Crippen LogP contribution in [0.1, 0.15) is 24.3 Å². The predicted molar refractivity (Wildman–Crippen MR) is 58.9 cm³/mol. The predicted octanol–water partition coefficient (Wildman–Crippen LogP) is 3.20. The fraction of sp³-hybridized carbons (Fsp3) is 0.250. The fourth-order valence-electron chi connectivity index (χ4n) is 1.41. The van der Waals surface area contributed by atoms with Crippen molar-refractivity contribution in [3.8, 4) is 0 Å². The van der Waals surface area contributed by atoms with E-state index < -0.39 is 0 Å². The van der Waals surface area contributed by atoms with E-state index in [9.17, 15) is 0 Å². The topological polar surface area (TPSA) is 32.6 Å². The Balaban J connectivity index is 2.72. The first-order valence-corrected chi connectivity index (χ1v) is 4.72. The molecule has 0 fully saturated rings. The molecule has 1 aromatic rings. The van der Waals surface area contributed by atoms with Crippen molar-refractivity contribution in [2.45, 2.75) is 18.8 Å². The zero-order chi connectivity index (χ0) is 10.2. The monoisotopic (exact) mass is 189 g/mol. The minimum absolute atomic E-state index is 0.180. The third-order valence-corrected chi connectivity index (χ3v) is 2.16. The van der Waals surface area contributed by atoms with E-state index in [1.807, 2.05) is 36.4 Å². The van der Waals surface area contributed by atoms with Crippen LogP contribution in [-0.2, 0) is 0 Å². The lowest BCUT2D eigenvalue weighted by atomic mass is 9.95. The maximum Gasteiger partial charge on any atom is 0.0510 e. The summed E-state index contributed by atoms with van der Waals surface area (Å²) in [6.45, 7) is 3.68. The van der Waals surface area contributed by atoms with Crippen LogP contribution in [0.4, 0.5) is 0 Å². The second-order valence-corrected chi connectivity index (χ2v) is 3.15. The van der Waals surface area contributed by atoms with Crippen molar-refractivity contribution in [3.63, 3.8) is 0 Å². The Hall–Kier alpha value is -1.57. The van der Waals surface area contributed by atoms with Gasteiger partial charge in [0.15, 0.2) is 0 Å². The molecule has 0 saturated carbocycles. The van der Waals surface area contributed by atoms with Crippen molar-refractivity contribution in [1.29, 1.82) is 0 Å². The van der Waals surface area contributed by atoms with E-state index in [1.54, 1.807) is 6.21 Å². The molecule has 0 aromatic heterocycles. The van der Waals surface area contributed by atoms with Crippen molar-refractivity contribution in [1.82, 2.24) is 0 Å². The minimum atomic E-state index is 0.180. The molecule has 0 heterocycles. The van der Waals surface area contributed by atoms with Crippen LogP contribution in [0.3, 0.4) is 0 Å². The van der Waals surface area contributed by atoms with Crippen molar-refractivity contribution in [3.05, 3.63) is 48.6 Å². The van der Waals surface area contributed by atoms with Gasteiger partial charge in [-0.05, 0) is 18.4 Å². The summed E-state index contributed by atoms with van der Waals surface area (Å²) in [5.74, 6) is 0.180. The van der Waals surface area contributed by atoms with Crippen molar-refractivity contribution < 1.29 is 5.21 Å². The molecule has 1 unspecified atom stereocenters. The van der Waals surface area contributed by atoms with Gasteiger partial charge in [0, 0.05) is 5.92 Å². The molecule has 1 rings (SSSR count). The van der Waals surface area contributed by atoms with Crippen LogP contribution in [0.5, 0.6) is 0 Å². The number of benzene rings is 1. The SMILES string of the molecule is C=CCCC(/C=N/O)c1ccccc1. The molecule has 0 aliphatic carbocycles. The first-order valence-electron chi connectivity index (χ1n) is 4.72. The maximum atomic E-state index is 8.54. The first kappa shape index (κ1) is 10.5. The van der Waals surface area contributed by atoms with Gasteiger partial charge in [-0.2, -0.15) is 0 Å². The Kier molecular flexibility index (Phi) is 4.48. The Morgan fingerprint density at radius 2 is 2.07 bits per heavy atom. The molecule has 0 aliphatic heterocycles. The highest BCUT2D eigenvalue weighted by molar-refractivity contribution is 5.67. The van der Waals surface area contributed by atoms with E-state index in [-0.39, 0.29) is 5.92 Å². The molecule has 0 bridgehead atoms. The third kappa shape index (κ3) is 3.05. The van der Waals surface area contributed by atoms with E-state index in [1.165, 1.54) is 5.56 Å². The van der Waals surface area contributed by atoms with Gasteiger partial charge in [-0.3, -0.25) is 0 Å². The number of nitrogens with zero attached hydrogens (tertiary/aromatic N) is 1. The summed E-state index contributed by atoms with van der Waals surface area (Å²) in [6, 6.07) is 10.0. The molecule has 0 saturated heterocycles. The van der Waals surface area contributed by atoms with Gasteiger partial charge in [0.05, 0.1) is 6.21 Å². The van der Waals surface area contributed by atoms with E-state index in [0.717, 1.165) is 12.8 Å². The van der Waals surface area contributed by atoms with Crippen LogP contribution in [0.15, 0.2) is 48.1 Å². The second-order valence-electron chi connectivity index (χ2n) is 3.15. The lowest BCUT2D eigenvalue weighted by molar-refractivity contribution is 0.319. The second kappa shape index (κ2) is 5.97. The Bertz CT molecular complexity index is 292. The van der Waals surface area contributed by atoms with Crippen LogP contribution in [-0.4, -0.2) is 11.4 Å². The number of allylic oxidation sites excluding steroid dienone is 1. The van der Waals surface area contributed by atoms with E-state index in [4.69, 9.17) is 5.21 Å². The largest absolute Gasteiger partial charge is 0.411 e. The van der Waals surface area contributed by atoms with Gasteiger partial charge in [-0.25, -0.2) is 0 Å². The summed E-state index contributed by atoms with van der Waals surface area (Å²) in [6.07, 6.45) is 5.29. The van der Waals surface area contributed by atoms with Gasteiger partial charge in [-0.15, -0.1) is 11.7 Å². The van der Waals surface area contributed by atoms with Gasteiger partial charge >= 0.3 is 0 Å². The number of hydrogen-bond donors (Lipinski definition) is 1. The van der Waals surface area contributed by atoms with Crippen LogP contribution in [0.2, 0.25) is 0 Å². The molecule has 14 heavy (non-hydrogen) atoms. The summed E-state index contributed by atoms with van der Waals surface area (Å²) < 4.78 is 0. The molecule has 1 atom stereocenters.